The van der Waals surface area contributed by atoms with E-state index in [2.05, 4.69) is 13.1 Å². The lowest BCUT2D eigenvalue weighted by Crippen LogP contribution is -2.06. The quantitative estimate of drug-likeness (QED) is 0.619. The molecule has 5 heteroatoms. The number of aliphatic imine (C=N–C) groups is 1. The summed E-state index contributed by atoms with van der Waals surface area (Å²) >= 11 is 12.7. The van der Waals surface area contributed by atoms with E-state index < -0.39 is 0 Å². The highest BCUT2D eigenvalue weighted by atomic mass is 35.5. The van der Waals surface area contributed by atoms with Gasteiger partial charge < -0.3 is 0 Å². The molecular formula is C19H15Cl2N3. The maximum atomic E-state index is 6.42. The third kappa shape index (κ3) is 2.54. The molecule has 0 spiro atoms. The molecule has 3 nitrogen and oxygen atoms in total. The van der Waals surface area contributed by atoms with E-state index in [9.17, 15) is 0 Å². The van der Waals surface area contributed by atoms with Gasteiger partial charge in [0, 0.05) is 45.0 Å². The molecule has 1 aliphatic rings. The van der Waals surface area contributed by atoms with Crippen molar-refractivity contribution in [2.45, 2.75) is 20.0 Å². The lowest BCUT2D eigenvalue weighted by atomic mass is 9.95. The van der Waals surface area contributed by atoms with Crippen LogP contribution in [0, 0.1) is 0 Å². The monoisotopic (exact) mass is 355 g/mol. The van der Waals surface area contributed by atoms with Gasteiger partial charge in [-0.05, 0) is 25.1 Å². The fraction of sp³-hybridized carbons (Fsp3) is 0.158. The van der Waals surface area contributed by atoms with Crippen LogP contribution in [0.25, 0.3) is 11.3 Å². The molecule has 0 aliphatic carbocycles. The highest BCUT2D eigenvalue weighted by Gasteiger charge is 2.23. The normalized spacial score (nSPS) is 13.0. The van der Waals surface area contributed by atoms with Gasteiger partial charge in [0.15, 0.2) is 0 Å². The molecule has 0 atom stereocenters. The van der Waals surface area contributed by atoms with Gasteiger partial charge in [-0.25, -0.2) is 0 Å². The number of hydrogen-bond donors (Lipinski definition) is 0. The Morgan fingerprint density at radius 1 is 1.04 bits per heavy atom. The summed E-state index contributed by atoms with van der Waals surface area (Å²) in [4.78, 5) is 4.85. The highest BCUT2D eigenvalue weighted by molar-refractivity contribution is 6.36. The molecule has 120 valence electrons. The first-order valence-electron chi connectivity index (χ1n) is 7.83. The van der Waals surface area contributed by atoms with Gasteiger partial charge in [-0.3, -0.25) is 9.67 Å². The van der Waals surface area contributed by atoms with Crippen molar-refractivity contribution in [3.05, 3.63) is 75.4 Å². The molecule has 2 aromatic carbocycles. The Balaban J connectivity index is 1.98. The van der Waals surface area contributed by atoms with Crippen molar-refractivity contribution < 1.29 is 0 Å². The number of fused-ring (bicyclic) bond motifs is 3. The van der Waals surface area contributed by atoms with Crippen molar-refractivity contribution in [1.82, 2.24) is 9.78 Å². The first-order chi connectivity index (χ1) is 11.7. The summed E-state index contributed by atoms with van der Waals surface area (Å²) in [6.45, 7) is 3.48. The van der Waals surface area contributed by atoms with Crippen molar-refractivity contribution >= 4 is 28.9 Å². The molecule has 0 N–H and O–H groups in total. The zero-order chi connectivity index (χ0) is 16.7. The fourth-order valence-electron chi connectivity index (χ4n) is 3.02. The van der Waals surface area contributed by atoms with Gasteiger partial charge in [0.2, 0.25) is 0 Å². The minimum absolute atomic E-state index is 0.572. The number of nitrogens with zero attached hydrogens (tertiary/aromatic N) is 3. The third-order valence-corrected chi connectivity index (χ3v) is 4.75. The van der Waals surface area contributed by atoms with Crippen LogP contribution in [0.15, 0.2) is 53.7 Å². The van der Waals surface area contributed by atoms with Crippen LogP contribution in [0.5, 0.6) is 0 Å². The first-order valence-corrected chi connectivity index (χ1v) is 8.59. The Morgan fingerprint density at radius 2 is 1.88 bits per heavy atom. The lowest BCUT2D eigenvalue weighted by Gasteiger charge is -2.12. The lowest BCUT2D eigenvalue weighted by molar-refractivity contribution is 0.661. The van der Waals surface area contributed by atoms with Crippen LogP contribution in [-0.4, -0.2) is 15.5 Å². The van der Waals surface area contributed by atoms with Crippen LogP contribution >= 0.6 is 23.2 Å². The second-order valence-electron chi connectivity index (χ2n) is 5.69. The van der Waals surface area contributed by atoms with Crippen LogP contribution in [0.4, 0.5) is 0 Å². The van der Waals surface area contributed by atoms with Gasteiger partial charge >= 0.3 is 0 Å². The van der Waals surface area contributed by atoms with Gasteiger partial charge in [-0.15, -0.1) is 0 Å². The van der Waals surface area contributed by atoms with Crippen molar-refractivity contribution in [3.63, 3.8) is 0 Å². The van der Waals surface area contributed by atoms with E-state index in [1.165, 1.54) is 0 Å². The van der Waals surface area contributed by atoms with Gasteiger partial charge in [-0.2, -0.15) is 5.10 Å². The number of benzene rings is 2. The Morgan fingerprint density at radius 3 is 2.67 bits per heavy atom. The Hall–Kier alpha value is -2.10. The van der Waals surface area contributed by atoms with Crippen molar-refractivity contribution in [1.29, 1.82) is 0 Å². The summed E-state index contributed by atoms with van der Waals surface area (Å²) in [7, 11) is 0. The molecule has 0 bridgehead atoms. The Labute approximate surface area is 150 Å². The molecular weight excluding hydrogens is 341 g/mol. The molecule has 2 heterocycles. The summed E-state index contributed by atoms with van der Waals surface area (Å²) in [5, 5.41) is 6.07. The highest BCUT2D eigenvalue weighted by Crippen LogP contribution is 2.34. The van der Waals surface area contributed by atoms with Crippen LogP contribution in [0.3, 0.4) is 0 Å². The second kappa shape index (κ2) is 6.08. The van der Waals surface area contributed by atoms with E-state index >= 15 is 0 Å². The van der Waals surface area contributed by atoms with E-state index in [0.29, 0.717) is 16.6 Å². The molecule has 0 unspecified atom stereocenters. The number of aryl methyl sites for hydroxylation is 1. The van der Waals surface area contributed by atoms with Gasteiger partial charge in [0.1, 0.15) is 0 Å². The van der Waals surface area contributed by atoms with Crippen LogP contribution in [0.1, 0.15) is 23.6 Å². The van der Waals surface area contributed by atoms with E-state index in [-0.39, 0.29) is 0 Å². The molecule has 1 aromatic heterocycles. The predicted octanol–water partition coefficient (Wildman–Crippen LogP) is 5.23. The summed E-state index contributed by atoms with van der Waals surface area (Å²) in [6, 6.07) is 13.6. The van der Waals surface area contributed by atoms with Crippen LogP contribution in [0.2, 0.25) is 10.0 Å². The minimum atomic E-state index is 0.572. The summed E-state index contributed by atoms with van der Waals surface area (Å²) in [6.07, 6.45) is 2.06. The van der Waals surface area contributed by atoms with E-state index in [4.69, 9.17) is 33.3 Å². The van der Waals surface area contributed by atoms with Gasteiger partial charge in [0.25, 0.3) is 0 Å². The van der Waals surface area contributed by atoms with Gasteiger partial charge in [0.05, 0.1) is 18.0 Å². The van der Waals surface area contributed by atoms with Crippen molar-refractivity contribution in [3.8, 4) is 11.3 Å². The first kappa shape index (κ1) is 15.4. The van der Waals surface area contributed by atoms with Crippen LogP contribution in [-0.2, 0) is 13.1 Å². The summed E-state index contributed by atoms with van der Waals surface area (Å²) < 4.78 is 1.94. The average Bonchev–Trinajstić information content (AvgIpc) is 2.94. The Kier molecular flexibility index (Phi) is 3.91. The molecule has 1 aliphatic heterocycles. The molecule has 3 aromatic rings. The van der Waals surface area contributed by atoms with Crippen molar-refractivity contribution in [2.24, 2.45) is 4.99 Å². The molecule has 0 saturated carbocycles. The van der Waals surface area contributed by atoms with E-state index in [1.807, 2.05) is 47.1 Å². The van der Waals surface area contributed by atoms with Crippen LogP contribution < -0.4 is 0 Å². The van der Waals surface area contributed by atoms with Crippen molar-refractivity contribution in [2.75, 3.05) is 0 Å². The molecule has 0 amide bonds. The number of rotatable bonds is 2. The summed E-state index contributed by atoms with van der Waals surface area (Å²) in [5.74, 6) is 0. The third-order valence-electron chi connectivity index (χ3n) is 4.19. The Bertz CT molecular complexity index is 957. The number of halogens is 2. The minimum Gasteiger partial charge on any atom is -0.279 e. The van der Waals surface area contributed by atoms with E-state index in [0.717, 1.165) is 40.2 Å². The summed E-state index contributed by atoms with van der Waals surface area (Å²) in [5.41, 5.74) is 5.86. The zero-order valence-corrected chi connectivity index (χ0v) is 14.6. The second-order valence-corrected chi connectivity index (χ2v) is 6.54. The van der Waals surface area contributed by atoms with Gasteiger partial charge in [-0.1, -0.05) is 47.5 Å². The molecule has 4 rings (SSSR count). The maximum absolute atomic E-state index is 6.42. The molecule has 24 heavy (non-hydrogen) atoms. The van der Waals surface area contributed by atoms with E-state index in [1.54, 1.807) is 0 Å². The SMILES string of the molecule is CCn1cc2c(n1)-c1ccc(Cl)cc1C(c1ccccc1Cl)=NC2. The molecule has 0 saturated heterocycles. The number of aromatic nitrogens is 2. The topological polar surface area (TPSA) is 30.2 Å². The smallest absolute Gasteiger partial charge is 0.0980 e. The average molecular weight is 356 g/mol. The number of hydrogen-bond acceptors (Lipinski definition) is 2. The molecule has 0 radical (unpaired) electrons. The fourth-order valence-corrected chi connectivity index (χ4v) is 3.42. The maximum Gasteiger partial charge on any atom is 0.0980 e. The standard InChI is InChI=1S/C19H15Cl2N3/c1-2-24-11-12-10-22-19(15-5-3-4-6-17(15)21)16-9-13(20)7-8-14(16)18(12)23-24/h3-9,11H,2,10H2,1H3. The molecule has 0 fully saturated rings. The largest absolute Gasteiger partial charge is 0.279 e. The zero-order valence-electron chi connectivity index (χ0n) is 13.1. The predicted molar refractivity (Wildman–Crippen MR) is 99.1 cm³/mol.